The van der Waals surface area contributed by atoms with E-state index in [4.69, 9.17) is 11.7 Å². The van der Waals surface area contributed by atoms with Crippen LogP contribution in [0.4, 0.5) is 0 Å². The average molecular weight is 262 g/mol. The fraction of sp³-hybridized carbons (Fsp3) is 0.308. The highest BCUT2D eigenvalue weighted by molar-refractivity contribution is 7.88. The second-order valence-electron chi connectivity index (χ2n) is 3.73. The Bertz CT molecular complexity index is 580. The highest BCUT2D eigenvalue weighted by Gasteiger charge is 2.13. The first kappa shape index (κ1) is 14.2. The number of nitrogens with zero attached hydrogens (tertiary/aromatic N) is 1. The third-order valence-corrected chi connectivity index (χ3v) is 3.64. The summed E-state index contributed by atoms with van der Waals surface area (Å²) in [6.45, 7) is 0.321. The van der Waals surface area contributed by atoms with Gasteiger partial charge in [-0.2, -0.15) is 5.26 Å². The summed E-state index contributed by atoms with van der Waals surface area (Å²) in [5.41, 5.74) is 0.885. The topological polar surface area (TPSA) is 70.0 Å². The first-order chi connectivity index (χ1) is 8.59. The van der Waals surface area contributed by atoms with E-state index < -0.39 is 10.0 Å². The lowest BCUT2D eigenvalue weighted by Crippen LogP contribution is -2.26. The summed E-state index contributed by atoms with van der Waals surface area (Å²) in [5.74, 6) is 2.26. The summed E-state index contributed by atoms with van der Waals surface area (Å²) >= 11 is 0. The summed E-state index contributed by atoms with van der Waals surface area (Å²) < 4.78 is 26.0. The van der Waals surface area contributed by atoms with Gasteiger partial charge >= 0.3 is 0 Å². The van der Waals surface area contributed by atoms with E-state index in [0.29, 0.717) is 30.5 Å². The zero-order valence-corrected chi connectivity index (χ0v) is 10.7. The monoisotopic (exact) mass is 262 g/mol. The van der Waals surface area contributed by atoms with Crippen molar-refractivity contribution in [2.75, 3.05) is 6.54 Å². The molecule has 0 saturated carbocycles. The van der Waals surface area contributed by atoms with Gasteiger partial charge in [0.1, 0.15) is 0 Å². The summed E-state index contributed by atoms with van der Waals surface area (Å²) in [5, 5.41) is 8.87. The van der Waals surface area contributed by atoms with Crippen LogP contribution in [0.3, 0.4) is 0 Å². The minimum Gasteiger partial charge on any atom is -0.215 e. The van der Waals surface area contributed by atoms with E-state index in [1.54, 1.807) is 24.3 Å². The van der Waals surface area contributed by atoms with Crippen LogP contribution >= 0.6 is 0 Å². The van der Waals surface area contributed by atoms with Gasteiger partial charge in [0.15, 0.2) is 0 Å². The first-order valence-electron chi connectivity index (χ1n) is 5.48. The minimum atomic E-state index is -3.42. The Hall–Kier alpha value is -1.82. The minimum absolute atomic E-state index is 0.188. The van der Waals surface area contributed by atoms with E-state index in [9.17, 15) is 8.42 Å². The number of sulfonamides is 1. The normalized spacial score (nSPS) is 10.6. The smallest absolute Gasteiger partial charge is 0.215 e. The molecule has 4 nitrogen and oxygen atoms in total. The molecule has 0 saturated heterocycles. The molecule has 0 heterocycles. The molecule has 0 amide bonds. The van der Waals surface area contributed by atoms with Crippen LogP contribution in [0.5, 0.6) is 0 Å². The lowest BCUT2D eigenvalue weighted by Gasteiger charge is -2.07. The highest BCUT2D eigenvalue weighted by Crippen LogP contribution is 2.10. The van der Waals surface area contributed by atoms with E-state index >= 15 is 0 Å². The number of nitriles is 1. The molecular formula is C13H14N2O2S. The van der Waals surface area contributed by atoms with Crippen molar-refractivity contribution in [1.82, 2.24) is 4.72 Å². The van der Waals surface area contributed by atoms with Gasteiger partial charge in [-0.05, 0) is 18.1 Å². The fourth-order valence-electron chi connectivity index (χ4n) is 1.43. The Labute approximate surface area is 108 Å². The molecule has 0 unspecified atom stereocenters. The number of unbranched alkanes of at least 4 members (excludes halogenated alkanes) is 1. The third-order valence-electron chi connectivity index (χ3n) is 2.30. The van der Waals surface area contributed by atoms with Gasteiger partial charge in [-0.3, -0.25) is 0 Å². The quantitative estimate of drug-likeness (QED) is 0.622. The maximum absolute atomic E-state index is 11.8. The number of nitrogens with one attached hydrogen (secondary N) is 1. The van der Waals surface area contributed by atoms with Gasteiger partial charge in [0.2, 0.25) is 10.0 Å². The highest BCUT2D eigenvalue weighted by atomic mass is 32.2. The Kier molecular flexibility index (Phi) is 5.38. The van der Waals surface area contributed by atoms with Crippen molar-refractivity contribution in [1.29, 1.82) is 5.26 Å². The van der Waals surface area contributed by atoms with E-state index in [2.05, 4.69) is 10.6 Å². The van der Waals surface area contributed by atoms with Crippen LogP contribution in [0.1, 0.15) is 24.0 Å². The van der Waals surface area contributed by atoms with Gasteiger partial charge in [-0.25, -0.2) is 13.1 Å². The van der Waals surface area contributed by atoms with Crippen molar-refractivity contribution >= 4 is 10.0 Å². The summed E-state index contributed by atoms with van der Waals surface area (Å²) in [7, 11) is -3.42. The molecular weight excluding hydrogens is 248 g/mol. The maximum atomic E-state index is 11.8. The molecule has 0 aromatic heterocycles. The van der Waals surface area contributed by atoms with Crippen LogP contribution < -0.4 is 4.72 Å². The van der Waals surface area contributed by atoms with Crippen LogP contribution in [0.15, 0.2) is 24.3 Å². The molecule has 0 spiro atoms. The van der Waals surface area contributed by atoms with Crippen molar-refractivity contribution < 1.29 is 8.42 Å². The second-order valence-corrected chi connectivity index (χ2v) is 5.54. The van der Waals surface area contributed by atoms with Gasteiger partial charge in [0.25, 0.3) is 0 Å². The van der Waals surface area contributed by atoms with Gasteiger partial charge < -0.3 is 0 Å². The molecule has 0 bridgehead atoms. The Morgan fingerprint density at radius 3 is 2.72 bits per heavy atom. The largest absolute Gasteiger partial charge is 0.215 e. The van der Waals surface area contributed by atoms with E-state index in [0.717, 1.165) is 0 Å². The molecule has 1 rings (SSSR count). The molecule has 0 atom stereocenters. The van der Waals surface area contributed by atoms with Crippen LogP contribution in [0.2, 0.25) is 0 Å². The van der Waals surface area contributed by atoms with Crippen molar-refractivity contribution in [3.63, 3.8) is 0 Å². The summed E-state index contributed by atoms with van der Waals surface area (Å²) in [6, 6.07) is 8.63. The zero-order valence-electron chi connectivity index (χ0n) is 9.89. The maximum Gasteiger partial charge on any atom is 0.215 e. The molecule has 0 fully saturated rings. The number of benzene rings is 1. The number of hydrogen-bond acceptors (Lipinski definition) is 3. The first-order valence-corrected chi connectivity index (χ1v) is 7.13. The van der Waals surface area contributed by atoms with E-state index in [1.807, 2.05) is 6.07 Å². The van der Waals surface area contributed by atoms with Gasteiger partial charge in [0.05, 0.1) is 17.4 Å². The van der Waals surface area contributed by atoms with Crippen molar-refractivity contribution in [3.8, 4) is 18.4 Å². The molecule has 0 aliphatic rings. The molecule has 5 heteroatoms. The average Bonchev–Trinajstić information content (AvgIpc) is 2.35. The fourth-order valence-corrected chi connectivity index (χ4v) is 2.65. The van der Waals surface area contributed by atoms with Gasteiger partial charge in [0, 0.05) is 13.0 Å². The van der Waals surface area contributed by atoms with Crippen molar-refractivity contribution in [2.24, 2.45) is 0 Å². The number of terminal acetylenes is 1. The number of rotatable bonds is 6. The third kappa shape index (κ3) is 4.58. The van der Waals surface area contributed by atoms with E-state index in [1.165, 1.54) is 0 Å². The van der Waals surface area contributed by atoms with E-state index in [-0.39, 0.29) is 5.75 Å². The molecule has 1 N–H and O–H groups in total. The molecule has 1 aromatic rings. The lowest BCUT2D eigenvalue weighted by molar-refractivity contribution is 0.579. The summed E-state index contributed by atoms with van der Waals surface area (Å²) in [6.07, 6.45) is 6.22. The van der Waals surface area contributed by atoms with Gasteiger partial charge in [-0.15, -0.1) is 12.3 Å². The Morgan fingerprint density at radius 2 is 2.06 bits per heavy atom. The lowest BCUT2D eigenvalue weighted by atomic mass is 10.1. The summed E-state index contributed by atoms with van der Waals surface area (Å²) in [4.78, 5) is 0. The molecule has 0 radical (unpaired) electrons. The SMILES string of the molecule is C#CCCCNS(=O)(=O)Cc1ccccc1C#N. The van der Waals surface area contributed by atoms with Gasteiger partial charge in [-0.1, -0.05) is 18.2 Å². The molecule has 0 aliphatic heterocycles. The van der Waals surface area contributed by atoms with Crippen LogP contribution in [0, 0.1) is 23.7 Å². The predicted octanol–water partition coefficient (Wildman–Crippen LogP) is 1.39. The van der Waals surface area contributed by atoms with Crippen LogP contribution in [-0.4, -0.2) is 15.0 Å². The van der Waals surface area contributed by atoms with Crippen molar-refractivity contribution in [2.45, 2.75) is 18.6 Å². The molecule has 0 aliphatic carbocycles. The molecule has 1 aromatic carbocycles. The molecule has 18 heavy (non-hydrogen) atoms. The van der Waals surface area contributed by atoms with Crippen molar-refractivity contribution in [3.05, 3.63) is 35.4 Å². The molecule has 94 valence electrons. The number of hydrogen-bond donors (Lipinski definition) is 1. The Morgan fingerprint density at radius 1 is 1.33 bits per heavy atom. The van der Waals surface area contributed by atoms with Crippen LogP contribution in [-0.2, 0) is 15.8 Å². The predicted molar refractivity (Wildman–Crippen MR) is 69.9 cm³/mol. The standard InChI is InChI=1S/C13H14N2O2S/c1-2-3-6-9-15-18(16,17)11-13-8-5-4-7-12(13)10-14/h1,4-5,7-8,15H,3,6,9,11H2. The van der Waals surface area contributed by atoms with Crippen LogP contribution in [0.25, 0.3) is 0 Å². The Balaban J connectivity index is 2.66. The second kappa shape index (κ2) is 6.80. The zero-order chi connectivity index (χ0) is 13.4.